The Hall–Kier alpha value is -2.88. The quantitative estimate of drug-likeness (QED) is 0.796. The number of benzene rings is 2. The monoisotopic (exact) mass is 317 g/mol. The maximum absolute atomic E-state index is 12.8. The largest absolute Gasteiger partial charge is 0.320 e. The number of hydrogen-bond donors (Lipinski definition) is 1. The van der Waals surface area contributed by atoms with Crippen molar-refractivity contribution in [2.45, 2.75) is 26.2 Å². The average molecular weight is 317 g/mol. The van der Waals surface area contributed by atoms with E-state index in [9.17, 15) is 4.79 Å². The highest BCUT2D eigenvalue weighted by molar-refractivity contribution is 6.04. The van der Waals surface area contributed by atoms with Gasteiger partial charge < -0.3 is 5.32 Å². The van der Waals surface area contributed by atoms with Gasteiger partial charge in [0, 0.05) is 16.9 Å². The van der Waals surface area contributed by atoms with E-state index >= 15 is 0 Å². The van der Waals surface area contributed by atoms with E-state index in [1.165, 1.54) is 0 Å². The predicted octanol–water partition coefficient (Wildman–Crippen LogP) is 3.92. The van der Waals surface area contributed by atoms with E-state index in [2.05, 4.69) is 10.4 Å². The molecule has 0 atom stereocenters. The van der Waals surface area contributed by atoms with Crippen LogP contribution in [0.4, 0.5) is 5.69 Å². The number of carbonyl (C=O) groups excluding carboxylic acids is 1. The Morgan fingerprint density at radius 1 is 1.04 bits per heavy atom. The topological polar surface area (TPSA) is 46.9 Å². The first-order valence-electron chi connectivity index (χ1n) is 8.27. The van der Waals surface area contributed by atoms with Crippen LogP contribution < -0.4 is 5.32 Å². The molecule has 1 aliphatic carbocycles. The van der Waals surface area contributed by atoms with Gasteiger partial charge in [0.05, 0.1) is 5.69 Å². The molecular formula is C20H19N3O. The molecule has 0 aliphatic heterocycles. The van der Waals surface area contributed by atoms with Crippen molar-refractivity contribution in [3.63, 3.8) is 0 Å². The van der Waals surface area contributed by atoms with Gasteiger partial charge in [-0.15, -0.1) is 0 Å². The van der Waals surface area contributed by atoms with Crippen molar-refractivity contribution >= 4 is 11.6 Å². The molecule has 24 heavy (non-hydrogen) atoms. The Kier molecular flexibility index (Phi) is 3.65. The van der Waals surface area contributed by atoms with E-state index in [1.807, 2.05) is 66.2 Å². The molecule has 1 aliphatic rings. The number of rotatable bonds is 3. The molecule has 1 N–H and O–H groups in total. The van der Waals surface area contributed by atoms with Gasteiger partial charge in [0.15, 0.2) is 5.69 Å². The molecule has 4 heteroatoms. The number of nitrogens with zero attached hydrogens (tertiary/aromatic N) is 2. The zero-order valence-electron chi connectivity index (χ0n) is 13.6. The fourth-order valence-corrected chi connectivity index (χ4v) is 3.30. The molecule has 0 fully saturated rings. The van der Waals surface area contributed by atoms with E-state index in [4.69, 9.17) is 0 Å². The highest BCUT2D eigenvalue weighted by atomic mass is 16.2. The molecule has 4 nitrogen and oxygen atoms in total. The number of fused-ring (bicyclic) bond motifs is 1. The standard InChI is InChI=1S/C20H19N3O/c1-14-8-5-6-12-17(14)21-20(24)19-16-11-7-13-18(16)23(22-19)15-9-3-2-4-10-15/h2-6,8-10,12H,7,11,13H2,1H3,(H,21,24). The first-order valence-corrected chi connectivity index (χ1v) is 8.27. The number of para-hydroxylation sites is 2. The SMILES string of the molecule is Cc1ccccc1NC(=O)c1nn(-c2ccccc2)c2c1CCC2. The zero-order valence-corrected chi connectivity index (χ0v) is 13.6. The minimum atomic E-state index is -0.128. The number of hydrogen-bond acceptors (Lipinski definition) is 2. The number of amides is 1. The van der Waals surface area contributed by atoms with Crippen molar-refractivity contribution in [3.05, 3.63) is 77.1 Å². The van der Waals surface area contributed by atoms with Gasteiger partial charge in [0.1, 0.15) is 0 Å². The average Bonchev–Trinajstić information content (AvgIpc) is 3.20. The summed E-state index contributed by atoms with van der Waals surface area (Å²) in [6.07, 6.45) is 2.96. The fourth-order valence-electron chi connectivity index (χ4n) is 3.30. The molecule has 0 radical (unpaired) electrons. The highest BCUT2D eigenvalue weighted by Crippen LogP contribution is 2.28. The van der Waals surface area contributed by atoms with Crippen molar-refractivity contribution in [3.8, 4) is 5.69 Å². The van der Waals surface area contributed by atoms with Crippen molar-refractivity contribution in [2.75, 3.05) is 5.32 Å². The van der Waals surface area contributed by atoms with Gasteiger partial charge in [-0.05, 0) is 49.9 Å². The summed E-state index contributed by atoms with van der Waals surface area (Å²) in [6, 6.07) is 17.8. The Labute approximate surface area is 141 Å². The first kappa shape index (κ1) is 14.7. The maximum atomic E-state index is 12.8. The lowest BCUT2D eigenvalue weighted by Crippen LogP contribution is -2.15. The molecule has 0 unspecified atom stereocenters. The molecule has 1 amide bonds. The molecular weight excluding hydrogens is 298 g/mol. The number of nitrogens with one attached hydrogen (secondary N) is 1. The van der Waals surface area contributed by atoms with Crippen molar-refractivity contribution in [1.29, 1.82) is 0 Å². The molecule has 0 bridgehead atoms. The fraction of sp³-hybridized carbons (Fsp3) is 0.200. The van der Waals surface area contributed by atoms with Gasteiger partial charge in [-0.1, -0.05) is 36.4 Å². The van der Waals surface area contributed by atoms with Crippen LogP contribution in [0.25, 0.3) is 5.69 Å². The molecule has 120 valence electrons. The van der Waals surface area contributed by atoms with Crippen LogP contribution in [0.3, 0.4) is 0 Å². The van der Waals surface area contributed by atoms with Crippen LogP contribution >= 0.6 is 0 Å². The van der Waals surface area contributed by atoms with Gasteiger partial charge in [-0.3, -0.25) is 4.79 Å². The second kappa shape index (κ2) is 5.96. The van der Waals surface area contributed by atoms with Crippen LogP contribution in [0.2, 0.25) is 0 Å². The number of carbonyl (C=O) groups is 1. The Bertz CT molecular complexity index is 897. The zero-order chi connectivity index (χ0) is 16.5. The van der Waals surface area contributed by atoms with Gasteiger partial charge in [-0.2, -0.15) is 5.10 Å². The van der Waals surface area contributed by atoms with E-state index in [0.29, 0.717) is 5.69 Å². The minimum Gasteiger partial charge on any atom is -0.320 e. The number of aromatic nitrogens is 2. The third-order valence-electron chi connectivity index (χ3n) is 4.54. The Morgan fingerprint density at radius 2 is 1.79 bits per heavy atom. The van der Waals surface area contributed by atoms with Crippen LogP contribution in [-0.2, 0) is 12.8 Å². The Morgan fingerprint density at radius 3 is 2.58 bits per heavy atom. The van der Waals surface area contributed by atoms with Gasteiger partial charge >= 0.3 is 0 Å². The van der Waals surface area contributed by atoms with Gasteiger partial charge in [-0.25, -0.2) is 4.68 Å². The number of aryl methyl sites for hydroxylation is 1. The summed E-state index contributed by atoms with van der Waals surface area (Å²) in [6.45, 7) is 1.99. The van der Waals surface area contributed by atoms with Crippen LogP contribution in [0.15, 0.2) is 54.6 Å². The normalized spacial score (nSPS) is 12.9. The lowest BCUT2D eigenvalue weighted by molar-refractivity contribution is 0.102. The molecule has 3 aromatic rings. The molecule has 1 heterocycles. The summed E-state index contributed by atoms with van der Waals surface area (Å²) in [5.41, 5.74) is 5.69. The number of anilines is 1. The van der Waals surface area contributed by atoms with E-state index < -0.39 is 0 Å². The second-order valence-corrected chi connectivity index (χ2v) is 6.14. The van der Waals surface area contributed by atoms with Crippen molar-refractivity contribution in [1.82, 2.24) is 9.78 Å². The van der Waals surface area contributed by atoms with E-state index in [0.717, 1.165) is 47.5 Å². The summed E-state index contributed by atoms with van der Waals surface area (Å²) in [5, 5.41) is 7.64. The molecule has 0 saturated heterocycles. The minimum absolute atomic E-state index is 0.128. The Balaban J connectivity index is 1.72. The summed E-state index contributed by atoms with van der Waals surface area (Å²) >= 11 is 0. The molecule has 1 aromatic heterocycles. The van der Waals surface area contributed by atoms with Crippen LogP contribution in [0.1, 0.15) is 33.7 Å². The van der Waals surface area contributed by atoms with Crippen LogP contribution in [0, 0.1) is 6.92 Å². The first-order chi connectivity index (χ1) is 11.7. The third-order valence-corrected chi connectivity index (χ3v) is 4.54. The smallest absolute Gasteiger partial charge is 0.276 e. The summed E-state index contributed by atoms with van der Waals surface area (Å²) in [4.78, 5) is 12.8. The van der Waals surface area contributed by atoms with E-state index in [-0.39, 0.29) is 5.91 Å². The van der Waals surface area contributed by atoms with E-state index in [1.54, 1.807) is 0 Å². The lowest BCUT2D eigenvalue weighted by Gasteiger charge is -2.07. The van der Waals surface area contributed by atoms with Gasteiger partial charge in [0.2, 0.25) is 0 Å². The maximum Gasteiger partial charge on any atom is 0.276 e. The molecule has 0 saturated carbocycles. The molecule has 2 aromatic carbocycles. The summed E-state index contributed by atoms with van der Waals surface area (Å²) in [7, 11) is 0. The predicted molar refractivity (Wildman–Crippen MR) is 94.7 cm³/mol. The van der Waals surface area contributed by atoms with Crippen LogP contribution in [-0.4, -0.2) is 15.7 Å². The third kappa shape index (κ3) is 2.50. The van der Waals surface area contributed by atoms with Crippen molar-refractivity contribution in [2.24, 2.45) is 0 Å². The molecule has 0 spiro atoms. The highest BCUT2D eigenvalue weighted by Gasteiger charge is 2.27. The lowest BCUT2D eigenvalue weighted by atomic mass is 10.1. The second-order valence-electron chi connectivity index (χ2n) is 6.14. The van der Waals surface area contributed by atoms with Crippen molar-refractivity contribution < 1.29 is 4.79 Å². The summed E-state index contributed by atoms with van der Waals surface area (Å²) < 4.78 is 1.93. The summed E-state index contributed by atoms with van der Waals surface area (Å²) in [5.74, 6) is -0.128. The van der Waals surface area contributed by atoms with Gasteiger partial charge in [0.25, 0.3) is 5.91 Å². The van der Waals surface area contributed by atoms with Crippen LogP contribution in [0.5, 0.6) is 0 Å². The molecule has 4 rings (SSSR count).